The van der Waals surface area contributed by atoms with Gasteiger partial charge in [0.2, 0.25) is 5.91 Å². The smallest absolute Gasteiger partial charge is 0.271 e. The van der Waals surface area contributed by atoms with Crippen molar-refractivity contribution in [2.75, 3.05) is 24.3 Å². The number of sulfonamides is 1. The number of carbonyl (C=O) groups is 1. The fourth-order valence-corrected chi connectivity index (χ4v) is 4.65. The third kappa shape index (κ3) is 5.27. The van der Waals surface area contributed by atoms with Crippen LogP contribution in [0.5, 0.6) is 11.5 Å². The molecule has 152 valence electrons. The fourth-order valence-electron chi connectivity index (χ4n) is 2.59. The van der Waals surface area contributed by atoms with Gasteiger partial charge in [-0.3, -0.25) is 9.52 Å². The monoisotopic (exact) mass is 432 g/mol. The number of hydrogen-bond acceptors (Lipinski definition) is 6. The Labute approximate surface area is 173 Å². The molecule has 1 aromatic heterocycles. The van der Waals surface area contributed by atoms with E-state index in [1.54, 1.807) is 67.1 Å². The molecule has 1 heterocycles. The van der Waals surface area contributed by atoms with Crippen molar-refractivity contribution in [3.8, 4) is 11.5 Å². The molecule has 0 fully saturated rings. The molecular formula is C20H20N2O5S2. The first kappa shape index (κ1) is 20.7. The average Bonchev–Trinajstić information content (AvgIpc) is 3.25. The van der Waals surface area contributed by atoms with Crippen molar-refractivity contribution in [1.82, 2.24) is 0 Å². The van der Waals surface area contributed by atoms with Crippen molar-refractivity contribution in [3.63, 3.8) is 0 Å². The minimum Gasteiger partial charge on any atom is -0.497 e. The summed E-state index contributed by atoms with van der Waals surface area (Å²) in [5.41, 5.74) is 1.71. The lowest BCUT2D eigenvalue weighted by molar-refractivity contribution is -0.115. The Morgan fingerprint density at radius 1 is 1.03 bits per heavy atom. The number of anilines is 2. The molecule has 0 atom stereocenters. The molecule has 0 saturated heterocycles. The van der Waals surface area contributed by atoms with Crippen LogP contribution < -0.4 is 19.5 Å². The normalized spacial score (nSPS) is 11.0. The van der Waals surface area contributed by atoms with Crippen LogP contribution in [0.4, 0.5) is 11.4 Å². The maximum absolute atomic E-state index is 12.4. The summed E-state index contributed by atoms with van der Waals surface area (Å²) in [6, 6.07) is 15.0. The Morgan fingerprint density at radius 2 is 1.79 bits per heavy atom. The van der Waals surface area contributed by atoms with Crippen LogP contribution in [0.25, 0.3) is 0 Å². The van der Waals surface area contributed by atoms with Crippen LogP contribution in [0.15, 0.2) is 64.2 Å². The molecule has 7 nitrogen and oxygen atoms in total. The lowest BCUT2D eigenvalue weighted by Crippen LogP contribution is -2.15. The highest BCUT2D eigenvalue weighted by molar-refractivity contribution is 7.94. The van der Waals surface area contributed by atoms with Crippen LogP contribution in [0.3, 0.4) is 0 Å². The zero-order chi connectivity index (χ0) is 20.9. The summed E-state index contributed by atoms with van der Waals surface area (Å²) >= 11 is 1.15. The number of thiophene rings is 1. The topological polar surface area (TPSA) is 93.7 Å². The molecule has 9 heteroatoms. The summed E-state index contributed by atoms with van der Waals surface area (Å²) in [5, 5.41) is 4.51. The number of benzene rings is 2. The van der Waals surface area contributed by atoms with E-state index in [4.69, 9.17) is 9.47 Å². The number of methoxy groups -OCH3 is 2. The number of nitrogens with one attached hydrogen (secondary N) is 2. The zero-order valence-electron chi connectivity index (χ0n) is 15.8. The zero-order valence-corrected chi connectivity index (χ0v) is 17.5. The summed E-state index contributed by atoms with van der Waals surface area (Å²) < 4.78 is 37.7. The summed E-state index contributed by atoms with van der Waals surface area (Å²) in [6.07, 6.45) is 0.132. The van der Waals surface area contributed by atoms with Gasteiger partial charge in [0.15, 0.2) is 0 Å². The quantitative estimate of drug-likeness (QED) is 0.565. The summed E-state index contributed by atoms with van der Waals surface area (Å²) in [6.45, 7) is 0. The van der Waals surface area contributed by atoms with Gasteiger partial charge in [0, 0.05) is 11.8 Å². The second kappa shape index (κ2) is 8.97. The van der Waals surface area contributed by atoms with E-state index in [0.29, 0.717) is 22.9 Å². The number of ether oxygens (including phenoxy) is 2. The maximum Gasteiger partial charge on any atom is 0.271 e. The molecule has 0 aliphatic rings. The second-order valence-corrected chi connectivity index (χ2v) is 8.88. The molecule has 1 amide bonds. The molecular weight excluding hydrogens is 412 g/mol. The van der Waals surface area contributed by atoms with E-state index in [1.807, 2.05) is 0 Å². The first-order valence-electron chi connectivity index (χ1n) is 8.58. The van der Waals surface area contributed by atoms with Crippen LogP contribution in [-0.4, -0.2) is 28.5 Å². The molecule has 0 bridgehead atoms. The Bertz CT molecular complexity index is 1080. The number of rotatable bonds is 8. The molecule has 2 aromatic carbocycles. The minimum absolute atomic E-state index is 0.132. The van der Waals surface area contributed by atoms with Gasteiger partial charge >= 0.3 is 0 Å². The molecule has 0 aliphatic heterocycles. The van der Waals surface area contributed by atoms with Crippen molar-refractivity contribution in [1.29, 1.82) is 0 Å². The van der Waals surface area contributed by atoms with Crippen LogP contribution in [0.1, 0.15) is 5.56 Å². The maximum atomic E-state index is 12.4. The van der Waals surface area contributed by atoms with E-state index in [-0.39, 0.29) is 16.5 Å². The van der Waals surface area contributed by atoms with Crippen molar-refractivity contribution in [3.05, 3.63) is 65.5 Å². The average molecular weight is 433 g/mol. The molecule has 0 radical (unpaired) electrons. The van der Waals surface area contributed by atoms with Gasteiger partial charge in [-0.25, -0.2) is 8.42 Å². The molecule has 29 heavy (non-hydrogen) atoms. The summed E-state index contributed by atoms with van der Waals surface area (Å²) in [7, 11) is -0.528. The Morgan fingerprint density at radius 3 is 2.41 bits per heavy atom. The summed E-state index contributed by atoms with van der Waals surface area (Å²) in [5.74, 6) is 0.900. The predicted molar refractivity (Wildman–Crippen MR) is 113 cm³/mol. The van der Waals surface area contributed by atoms with Crippen molar-refractivity contribution >= 4 is 38.6 Å². The van der Waals surface area contributed by atoms with Gasteiger partial charge in [-0.2, -0.15) is 0 Å². The van der Waals surface area contributed by atoms with E-state index in [9.17, 15) is 13.2 Å². The highest BCUT2D eigenvalue weighted by Crippen LogP contribution is 2.29. The van der Waals surface area contributed by atoms with Gasteiger partial charge in [-0.05, 0) is 41.3 Å². The van der Waals surface area contributed by atoms with Crippen LogP contribution in [0, 0.1) is 0 Å². The van der Waals surface area contributed by atoms with Crippen LogP contribution in [-0.2, 0) is 21.2 Å². The summed E-state index contributed by atoms with van der Waals surface area (Å²) in [4.78, 5) is 12.4. The first-order valence-corrected chi connectivity index (χ1v) is 10.9. The first-order chi connectivity index (χ1) is 13.9. The van der Waals surface area contributed by atoms with Crippen molar-refractivity contribution in [2.24, 2.45) is 0 Å². The number of amides is 1. The van der Waals surface area contributed by atoms with Gasteiger partial charge in [0.1, 0.15) is 15.7 Å². The number of carbonyl (C=O) groups excluding carboxylic acids is 1. The SMILES string of the molecule is COc1ccc(NC(=O)Cc2ccc(NS(=O)(=O)c3cccs3)cc2)c(OC)c1. The van der Waals surface area contributed by atoms with Crippen molar-refractivity contribution in [2.45, 2.75) is 10.6 Å². The van der Waals surface area contributed by atoms with Crippen molar-refractivity contribution < 1.29 is 22.7 Å². The van der Waals surface area contributed by atoms with E-state index in [1.165, 1.54) is 7.11 Å². The van der Waals surface area contributed by atoms with Gasteiger partial charge < -0.3 is 14.8 Å². The van der Waals surface area contributed by atoms with Gasteiger partial charge in [-0.15, -0.1) is 11.3 Å². The Hall–Kier alpha value is -3.04. The molecule has 3 aromatic rings. The molecule has 0 spiro atoms. The fraction of sp³-hybridized carbons (Fsp3) is 0.150. The lowest BCUT2D eigenvalue weighted by atomic mass is 10.1. The van der Waals surface area contributed by atoms with Gasteiger partial charge in [-0.1, -0.05) is 18.2 Å². The number of hydrogen-bond donors (Lipinski definition) is 2. The standard InChI is InChI=1S/C20H20N2O5S2/c1-26-16-9-10-17(18(13-16)27-2)21-19(23)12-14-5-7-15(8-6-14)22-29(24,25)20-4-3-11-28-20/h3-11,13,22H,12H2,1-2H3,(H,21,23). The third-order valence-electron chi connectivity index (χ3n) is 4.01. The Kier molecular flexibility index (Phi) is 6.40. The molecule has 0 aliphatic carbocycles. The molecule has 2 N–H and O–H groups in total. The van der Waals surface area contributed by atoms with Crippen LogP contribution in [0.2, 0.25) is 0 Å². The molecule has 0 unspecified atom stereocenters. The molecule has 0 saturated carbocycles. The predicted octanol–water partition coefficient (Wildman–Crippen LogP) is 3.75. The van der Waals surface area contributed by atoms with E-state index in [0.717, 1.165) is 16.9 Å². The second-order valence-electron chi connectivity index (χ2n) is 6.03. The molecule has 3 rings (SSSR count). The van der Waals surface area contributed by atoms with Gasteiger partial charge in [0.05, 0.1) is 26.3 Å². The van der Waals surface area contributed by atoms with E-state index in [2.05, 4.69) is 10.0 Å². The third-order valence-corrected chi connectivity index (χ3v) is 6.79. The minimum atomic E-state index is -3.59. The highest BCUT2D eigenvalue weighted by atomic mass is 32.2. The van der Waals surface area contributed by atoms with E-state index < -0.39 is 10.0 Å². The lowest BCUT2D eigenvalue weighted by Gasteiger charge is -2.12. The van der Waals surface area contributed by atoms with Gasteiger partial charge in [0.25, 0.3) is 10.0 Å². The van der Waals surface area contributed by atoms with Crippen LogP contribution >= 0.6 is 11.3 Å². The Balaban J connectivity index is 1.63. The van der Waals surface area contributed by atoms with E-state index >= 15 is 0 Å². The largest absolute Gasteiger partial charge is 0.497 e. The highest BCUT2D eigenvalue weighted by Gasteiger charge is 2.15.